The Labute approximate surface area is 108 Å². The molecule has 0 spiro atoms. The van der Waals surface area contributed by atoms with Crippen molar-refractivity contribution in [1.29, 1.82) is 0 Å². The Bertz CT molecular complexity index is 397. The zero-order valence-corrected chi connectivity index (χ0v) is 11.0. The Balaban J connectivity index is 2.80. The molecule has 0 unspecified atom stereocenters. The molecule has 1 N–H and O–H groups in total. The third kappa shape index (κ3) is 3.34. The summed E-state index contributed by atoms with van der Waals surface area (Å²) in [5, 5.41) is 10.5. The van der Waals surface area contributed by atoms with E-state index < -0.39 is 6.03 Å². The average Bonchev–Trinajstić information content (AvgIpc) is 2.40. The summed E-state index contributed by atoms with van der Waals surface area (Å²) in [5.74, 6) is 0. The van der Waals surface area contributed by atoms with Crippen LogP contribution >= 0.6 is 0 Å². The first-order valence-corrected chi connectivity index (χ1v) is 6.11. The van der Waals surface area contributed by atoms with Crippen molar-refractivity contribution in [3.63, 3.8) is 0 Å². The summed E-state index contributed by atoms with van der Waals surface area (Å²) in [7, 11) is 0. The van der Waals surface area contributed by atoms with Crippen LogP contribution in [0.3, 0.4) is 0 Å². The van der Waals surface area contributed by atoms with E-state index in [4.69, 9.17) is 0 Å². The van der Waals surface area contributed by atoms with Crippen LogP contribution in [0.5, 0.6) is 0 Å². The highest BCUT2D eigenvalue weighted by Crippen LogP contribution is 2.15. The highest BCUT2D eigenvalue weighted by atomic mass is 16.5. The van der Waals surface area contributed by atoms with E-state index >= 15 is 0 Å². The maximum absolute atomic E-state index is 11.9. The predicted molar refractivity (Wildman–Crippen MR) is 72.9 cm³/mol. The molecule has 0 aromatic heterocycles. The highest BCUT2D eigenvalue weighted by molar-refractivity contribution is 5.89. The normalized spacial score (nSPS) is 9.94. The SMILES string of the molecule is C=CCc1ccc(N(O)C(=O)N(CC)CC)cc1. The van der Waals surface area contributed by atoms with E-state index in [0.717, 1.165) is 12.0 Å². The molecule has 0 aliphatic heterocycles. The summed E-state index contributed by atoms with van der Waals surface area (Å²) in [6, 6.07) is 6.78. The van der Waals surface area contributed by atoms with E-state index in [1.165, 1.54) is 0 Å². The standard InChI is InChI=1S/C14H20N2O2/c1-4-7-12-8-10-13(11-9-12)16(18)14(17)15(5-2)6-3/h4,8-11,18H,1,5-7H2,2-3H3. The maximum atomic E-state index is 11.9. The third-order valence-electron chi connectivity index (χ3n) is 2.78. The van der Waals surface area contributed by atoms with Gasteiger partial charge in [-0.3, -0.25) is 5.21 Å². The summed E-state index contributed by atoms with van der Waals surface area (Å²) < 4.78 is 0. The van der Waals surface area contributed by atoms with Crippen molar-refractivity contribution in [2.24, 2.45) is 0 Å². The van der Waals surface area contributed by atoms with Gasteiger partial charge in [0, 0.05) is 13.1 Å². The van der Waals surface area contributed by atoms with E-state index in [9.17, 15) is 10.0 Å². The number of benzene rings is 1. The second-order valence-electron chi connectivity index (χ2n) is 3.93. The summed E-state index contributed by atoms with van der Waals surface area (Å²) in [5.41, 5.74) is 1.57. The van der Waals surface area contributed by atoms with Gasteiger partial charge in [-0.05, 0) is 38.0 Å². The summed E-state index contributed by atoms with van der Waals surface area (Å²) in [4.78, 5) is 13.5. The molecular weight excluding hydrogens is 228 g/mol. The second kappa shape index (κ2) is 6.81. The number of hydrogen-bond donors (Lipinski definition) is 1. The van der Waals surface area contributed by atoms with Crippen LogP contribution in [0.1, 0.15) is 19.4 Å². The Morgan fingerprint density at radius 1 is 1.28 bits per heavy atom. The molecule has 18 heavy (non-hydrogen) atoms. The molecule has 0 atom stereocenters. The first kappa shape index (κ1) is 14.3. The van der Waals surface area contributed by atoms with Gasteiger partial charge in [0.1, 0.15) is 0 Å². The van der Waals surface area contributed by atoms with Gasteiger partial charge in [0.15, 0.2) is 0 Å². The second-order valence-corrected chi connectivity index (χ2v) is 3.93. The molecule has 0 saturated heterocycles. The fourth-order valence-electron chi connectivity index (χ4n) is 1.68. The van der Waals surface area contributed by atoms with Crippen LogP contribution in [0.4, 0.5) is 10.5 Å². The number of carbonyl (C=O) groups is 1. The average molecular weight is 248 g/mol. The minimum Gasteiger partial charge on any atom is -0.323 e. The lowest BCUT2D eigenvalue weighted by Crippen LogP contribution is -2.41. The van der Waals surface area contributed by atoms with Gasteiger partial charge in [0.2, 0.25) is 0 Å². The van der Waals surface area contributed by atoms with Gasteiger partial charge in [-0.15, -0.1) is 6.58 Å². The topological polar surface area (TPSA) is 43.8 Å². The molecule has 0 radical (unpaired) electrons. The molecule has 0 heterocycles. The number of hydroxylamine groups is 1. The monoisotopic (exact) mass is 248 g/mol. The van der Waals surface area contributed by atoms with Crippen LogP contribution in [0, 0.1) is 0 Å². The van der Waals surface area contributed by atoms with Crippen LogP contribution in [0.25, 0.3) is 0 Å². The van der Waals surface area contributed by atoms with Gasteiger partial charge in [0.05, 0.1) is 5.69 Å². The lowest BCUT2D eigenvalue weighted by atomic mass is 10.1. The largest absolute Gasteiger partial charge is 0.348 e. The fraction of sp³-hybridized carbons (Fsp3) is 0.357. The molecule has 0 bridgehead atoms. The van der Waals surface area contributed by atoms with Crippen LogP contribution in [-0.2, 0) is 6.42 Å². The first-order valence-electron chi connectivity index (χ1n) is 6.11. The smallest absolute Gasteiger partial charge is 0.323 e. The Morgan fingerprint density at radius 3 is 2.28 bits per heavy atom. The number of allylic oxidation sites excluding steroid dienone is 1. The van der Waals surface area contributed by atoms with Gasteiger partial charge in [-0.1, -0.05) is 18.2 Å². The summed E-state index contributed by atoms with van der Waals surface area (Å²) >= 11 is 0. The third-order valence-corrected chi connectivity index (χ3v) is 2.78. The van der Waals surface area contributed by atoms with Crippen molar-refractivity contribution >= 4 is 11.7 Å². The Kier molecular flexibility index (Phi) is 5.39. The van der Waals surface area contributed by atoms with Crippen LogP contribution in [-0.4, -0.2) is 29.2 Å². The maximum Gasteiger partial charge on any atom is 0.348 e. The molecule has 4 nitrogen and oxygen atoms in total. The van der Waals surface area contributed by atoms with Crippen LogP contribution < -0.4 is 5.06 Å². The van der Waals surface area contributed by atoms with Crippen molar-refractivity contribution in [3.8, 4) is 0 Å². The van der Waals surface area contributed by atoms with Crippen LogP contribution in [0.2, 0.25) is 0 Å². The van der Waals surface area contributed by atoms with Crippen molar-refractivity contribution in [3.05, 3.63) is 42.5 Å². The van der Waals surface area contributed by atoms with Crippen LogP contribution in [0.15, 0.2) is 36.9 Å². The quantitative estimate of drug-likeness (QED) is 0.494. The summed E-state index contributed by atoms with van der Waals surface area (Å²) in [6.07, 6.45) is 2.59. The highest BCUT2D eigenvalue weighted by Gasteiger charge is 2.18. The van der Waals surface area contributed by atoms with E-state index in [-0.39, 0.29) is 0 Å². The van der Waals surface area contributed by atoms with Crippen molar-refractivity contribution in [1.82, 2.24) is 4.90 Å². The molecule has 0 fully saturated rings. The van der Waals surface area contributed by atoms with Crippen molar-refractivity contribution < 1.29 is 10.0 Å². The molecule has 1 rings (SSSR count). The van der Waals surface area contributed by atoms with E-state index in [1.807, 2.05) is 32.1 Å². The number of anilines is 1. The predicted octanol–water partition coefficient (Wildman–Crippen LogP) is 3.07. The van der Waals surface area contributed by atoms with Gasteiger partial charge >= 0.3 is 6.03 Å². The van der Waals surface area contributed by atoms with Gasteiger partial charge < -0.3 is 4.90 Å². The Hall–Kier alpha value is -1.81. The number of nitrogens with zero attached hydrogens (tertiary/aromatic N) is 2. The summed E-state index contributed by atoms with van der Waals surface area (Å²) in [6.45, 7) is 8.56. The molecule has 4 heteroatoms. The van der Waals surface area contributed by atoms with E-state index in [2.05, 4.69) is 6.58 Å². The molecule has 1 aromatic carbocycles. The molecule has 1 aromatic rings. The van der Waals surface area contributed by atoms with Crippen molar-refractivity contribution in [2.45, 2.75) is 20.3 Å². The lowest BCUT2D eigenvalue weighted by molar-refractivity contribution is 0.170. The van der Waals surface area contributed by atoms with Gasteiger partial charge in [-0.25, -0.2) is 4.79 Å². The van der Waals surface area contributed by atoms with Crippen molar-refractivity contribution in [2.75, 3.05) is 18.2 Å². The van der Waals surface area contributed by atoms with E-state index in [0.29, 0.717) is 23.8 Å². The minimum atomic E-state index is -0.406. The lowest BCUT2D eigenvalue weighted by Gasteiger charge is -2.24. The number of rotatable bonds is 5. The molecule has 0 saturated carbocycles. The van der Waals surface area contributed by atoms with E-state index in [1.54, 1.807) is 17.0 Å². The number of urea groups is 1. The molecule has 2 amide bonds. The number of hydrogen-bond acceptors (Lipinski definition) is 2. The minimum absolute atomic E-state index is 0.406. The molecular formula is C14H20N2O2. The Morgan fingerprint density at radius 2 is 1.83 bits per heavy atom. The number of amides is 2. The number of carbonyl (C=O) groups excluding carboxylic acids is 1. The zero-order chi connectivity index (χ0) is 13.5. The zero-order valence-electron chi connectivity index (χ0n) is 11.0. The van der Waals surface area contributed by atoms with Gasteiger partial charge in [-0.2, -0.15) is 5.06 Å². The molecule has 0 aliphatic rings. The molecule has 98 valence electrons. The van der Waals surface area contributed by atoms with Gasteiger partial charge in [0.25, 0.3) is 0 Å². The first-order chi connectivity index (χ1) is 8.63. The molecule has 0 aliphatic carbocycles. The fourth-order valence-corrected chi connectivity index (χ4v) is 1.68.